The molecule has 0 heterocycles. The van der Waals surface area contributed by atoms with Crippen LogP contribution in [0.1, 0.15) is 16.7 Å². The van der Waals surface area contributed by atoms with Gasteiger partial charge in [-0.25, -0.2) is 0 Å². The molecule has 0 radical (unpaired) electrons. The van der Waals surface area contributed by atoms with Gasteiger partial charge in [0.1, 0.15) is 6.61 Å². The molecule has 3 nitrogen and oxygen atoms in total. The van der Waals surface area contributed by atoms with Crippen LogP contribution in [0.3, 0.4) is 0 Å². The first kappa shape index (κ1) is 17.1. The summed E-state index contributed by atoms with van der Waals surface area (Å²) >= 11 is 0. The lowest BCUT2D eigenvalue weighted by Crippen LogP contribution is -2.12. The van der Waals surface area contributed by atoms with Gasteiger partial charge in [0.15, 0.2) is 11.5 Å². The summed E-state index contributed by atoms with van der Waals surface area (Å²) in [6.45, 7) is 2.14. The summed E-state index contributed by atoms with van der Waals surface area (Å²) in [5, 5.41) is 3.46. The molecular formula is C22H23NO2. The molecule has 0 saturated carbocycles. The third-order valence-corrected chi connectivity index (χ3v) is 3.97. The summed E-state index contributed by atoms with van der Waals surface area (Å²) in [7, 11) is 1.66. The van der Waals surface area contributed by atoms with Gasteiger partial charge in [0.05, 0.1) is 7.11 Å². The van der Waals surface area contributed by atoms with Crippen LogP contribution in [0, 0.1) is 0 Å². The van der Waals surface area contributed by atoms with Crippen LogP contribution in [0.2, 0.25) is 0 Å². The van der Waals surface area contributed by atoms with E-state index in [4.69, 9.17) is 9.47 Å². The van der Waals surface area contributed by atoms with E-state index >= 15 is 0 Å². The van der Waals surface area contributed by atoms with Gasteiger partial charge in [-0.1, -0.05) is 66.7 Å². The first-order valence-corrected chi connectivity index (χ1v) is 8.43. The molecule has 0 saturated heterocycles. The maximum Gasteiger partial charge on any atom is 0.161 e. The Morgan fingerprint density at radius 3 is 2.00 bits per heavy atom. The van der Waals surface area contributed by atoms with Crippen molar-refractivity contribution in [1.82, 2.24) is 5.32 Å². The third kappa shape index (κ3) is 5.10. The molecule has 0 aliphatic rings. The van der Waals surface area contributed by atoms with Gasteiger partial charge < -0.3 is 14.8 Å². The van der Waals surface area contributed by atoms with Gasteiger partial charge in [-0.2, -0.15) is 0 Å². The summed E-state index contributed by atoms with van der Waals surface area (Å²) < 4.78 is 11.4. The van der Waals surface area contributed by atoms with Gasteiger partial charge in [-0.15, -0.1) is 0 Å². The summed E-state index contributed by atoms with van der Waals surface area (Å²) in [6.07, 6.45) is 0. The van der Waals surface area contributed by atoms with Crippen molar-refractivity contribution >= 4 is 0 Å². The quantitative estimate of drug-likeness (QED) is 0.655. The minimum absolute atomic E-state index is 0.526. The van der Waals surface area contributed by atoms with Crippen LogP contribution in [0.15, 0.2) is 78.9 Å². The summed E-state index contributed by atoms with van der Waals surface area (Å²) in [5.74, 6) is 1.52. The van der Waals surface area contributed by atoms with Crippen molar-refractivity contribution in [3.63, 3.8) is 0 Å². The number of rotatable bonds is 8. The lowest BCUT2D eigenvalue weighted by atomic mass is 10.2. The molecule has 0 aromatic heterocycles. The molecule has 128 valence electrons. The zero-order valence-electron chi connectivity index (χ0n) is 14.4. The molecule has 3 aromatic carbocycles. The molecule has 0 aliphatic carbocycles. The van der Waals surface area contributed by atoms with Crippen molar-refractivity contribution in [3.05, 3.63) is 95.6 Å². The van der Waals surface area contributed by atoms with Crippen molar-refractivity contribution in [3.8, 4) is 11.5 Å². The second-order valence-electron chi connectivity index (χ2n) is 5.85. The Morgan fingerprint density at radius 1 is 0.680 bits per heavy atom. The molecule has 0 bridgehead atoms. The fourth-order valence-corrected chi connectivity index (χ4v) is 2.63. The average molecular weight is 333 g/mol. The van der Waals surface area contributed by atoms with E-state index < -0.39 is 0 Å². The van der Waals surface area contributed by atoms with Crippen molar-refractivity contribution in [2.24, 2.45) is 0 Å². The van der Waals surface area contributed by atoms with Gasteiger partial charge >= 0.3 is 0 Å². The van der Waals surface area contributed by atoms with Crippen LogP contribution < -0.4 is 14.8 Å². The van der Waals surface area contributed by atoms with Gasteiger partial charge in [-0.05, 0) is 28.8 Å². The lowest BCUT2D eigenvalue weighted by molar-refractivity contribution is 0.284. The van der Waals surface area contributed by atoms with E-state index in [0.29, 0.717) is 6.61 Å². The van der Waals surface area contributed by atoms with Crippen molar-refractivity contribution < 1.29 is 9.47 Å². The van der Waals surface area contributed by atoms with Crippen LogP contribution in [-0.4, -0.2) is 7.11 Å². The standard InChI is InChI=1S/C22H23NO2/c1-24-21-13-12-20(16-23-15-18-8-4-2-5-9-18)14-22(21)25-17-19-10-6-3-7-11-19/h2-14,23H,15-17H2,1H3. The van der Waals surface area contributed by atoms with Gasteiger partial charge in [0.2, 0.25) is 0 Å². The highest BCUT2D eigenvalue weighted by atomic mass is 16.5. The van der Waals surface area contributed by atoms with E-state index in [0.717, 1.165) is 30.2 Å². The van der Waals surface area contributed by atoms with Crippen LogP contribution in [-0.2, 0) is 19.7 Å². The summed E-state index contributed by atoms with van der Waals surface area (Å²) in [4.78, 5) is 0. The Hall–Kier alpha value is -2.78. The van der Waals surface area contributed by atoms with E-state index in [1.54, 1.807) is 7.11 Å². The Bertz CT molecular complexity index is 773. The van der Waals surface area contributed by atoms with E-state index in [-0.39, 0.29) is 0 Å². The van der Waals surface area contributed by atoms with Gasteiger partial charge in [-0.3, -0.25) is 0 Å². The molecule has 0 unspecified atom stereocenters. The molecule has 0 fully saturated rings. The maximum atomic E-state index is 5.97. The number of benzene rings is 3. The Morgan fingerprint density at radius 2 is 1.32 bits per heavy atom. The first-order chi connectivity index (χ1) is 12.3. The molecule has 25 heavy (non-hydrogen) atoms. The predicted molar refractivity (Wildman–Crippen MR) is 101 cm³/mol. The molecule has 3 rings (SSSR count). The maximum absolute atomic E-state index is 5.97. The number of methoxy groups -OCH3 is 1. The number of hydrogen-bond acceptors (Lipinski definition) is 3. The van der Waals surface area contributed by atoms with Crippen LogP contribution in [0.5, 0.6) is 11.5 Å². The average Bonchev–Trinajstić information content (AvgIpc) is 2.68. The zero-order valence-corrected chi connectivity index (χ0v) is 14.4. The topological polar surface area (TPSA) is 30.5 Å². The van der Waals surface area contributed by atoms with Crippen molar-refractivity contribution in [2.45, 2.75) is 19.7 Å². The largest absolute Gasteiger partial charge is 0.493 e. The van der Waals surface area contributed by atoms with Crippen LogP contribution >= 0.6 is 0 Å². The highest BCUT2D eigenvalue weighted by molar-refractivity contribution is 5.43. The molecule has 1 N–H and O–H groups in total. The van der Waals surface area contributed by atoms with E-state index in [2.05, 4.69) is 47.8 Å². The number of nitrogens with one attached hydrogen (secondary N) is 1. The summed E-state index contributed by atoms with van der Waals surface area (Å²) in [5.41, 5.74) is 3.58. The molecule has 0 spiro atoms. The molecule has 0 amide bonds. The Kier molecular flexibility index (Phi) is 6.07. The lowest BCUT2D eigenvalue weighted by Gasteiger charge is -2.13. The minimum atomic E-state index is 0.526. The van der Waals surface area contributed by atoms with Gasteiger partial charge in [0.25, 0.3) is 0 Å². The van der Waals surface area contributed by atoms with Gasteiger partial charge in [0, 0.05) is 13.1 Å². The molecule has 0 atom stereocenters. The number of hydrogen-bond donors (Lipinski definition) is 1. The minimum Gasteiger partial charge on any atom is -0.493 e. The van der Waals surface area contributed by atoms with Crippen LogP contribution in [0.4, 0.5) is 0 Å². The second-order valence-corrected chi connectivity index (χ2v) is 5.85. The highest BCUT2D eigenvalue weighted by Gasteiger charge is 2.06. The fraction of sp³-hybridized carbons (Fsp3) is 0.182. The summed E-state index contributed by atoms with van der Waals surface area (Å²) in [6, 6.07) is 26.6. The SMILES string of the molecule is COc1ccc(CNCc2ccccc2)cc1OCc1ccccc1. The molecule has 3 aromatic rings. The second kappa shape index (κ2) is 8.90. The monoisotopic (exact) mass is 333 g/mol. The molecule has 3 heteroatoms. The van der Waals surface area contributed by atoms with Crippen molar-refractivity contribution in [1.29, 1.82) is 0 Å². The molecule has 0 aliphatic heterocycles. The van der Waals surface area contributed by atoms with E-state index in [1.165, 1.54) is 11.1 Å². The fourth-order valence-electron chi connectivity index (χ4n) is 2.63. The third-order valence-electron chi connectivity index (χ3n) is 3.97. The Balaban J connectivity index is 1.61. The number of ether oxygens (including phenoxy) is 2. The van der Waals surface area contributed by atoms with E-state index in [1.807, 2.05) is 36.4 Å². The van der Waals surface area contributed by atoms with Crippen molar-refractivity contribution in [2.75, 3.05) is 7.11 Å². The Labute approximate surface area is 149 Å². The van der Waals surface area contributed by atoms with E-state index in [9.17, 15) is 0 Å². The first-order valence-electron chi connectivity index (χ1n) is 8.43. The van der Waals surface area contributed by atoms with Crippen LogP contribution in [0.25, 0.3) is 0 Å². The normalized spacial score (nSPS) is 10.4. The zero-order chi connectivity index (χ0) is 17.3. The predicted octanol–water partition coefficient (Wildman–Crippen LogP) is 4.56. The highest BCUT2D eigenvalue weighted by Crippen LogP contribution is 2.28. The smallest absolute Gasteiger partial charge is 0.161 e. The molecular weight excluding hydrogens is 310 g/mol.